The lowest BCUT2D eigenvalue weighted by molar-refractivity contribution is -0.135. The molecule has 2 aliphatic heterocycles. The number of benzene rings is 1. The van der Waals surface area contributed by atoms with E-state index in [0.29, 0.717) is 17.7 Å². The van der Waals surface area contributed by atoms with Gasteiger partial charge in [0, 0.05) is 54.8 Å². The summed E-state index contributed by atoms with van der Waals surface area (Å²) in [6.07, 6.45) is 15.1. The Morgan fingerprint density at radius 2 is 1.79 bits per heavy atom. The van der Waals surface area contributed by atoms with Crippen molar-refractivity contribution in [3.8, 4) is 0 Å². The molecule has 2 unspecified atom stereocenters. The molecule has 8 nitrogen and oxygen atoms in total. The van der Waals surface area contributed by atoms with E-state index in [1.54, 1.807) is 23.5 Å². The van der Waals surface area contributed by atoms with Gasteiger partial charge in [-0.2, -0.15) is 0 Å². The number of amides is 3. The molecular formula is C34H39N5O3. The van der Waals surface area contributed by atoms with Gasteiger partial charge in [0.25, 0.3) is 11.8 Å². The van der Waals surface area contributed by atoms with Gasteiger partial charge >= 0.3 is 0 Å². The first-order valence-corrected chi connectivity index (χ1v) is 15.0. The molecule has 2 fully saturated rings. The molecule has 6 rings (SSSR count). The van der Waals surface area contributed by atoms with Gasteiger partial charge in [-0.05, 0) is 99.3 Å². The Bertz CT molecular complexity index is 1470. The topological polar surface area (TPSA) is 85.8 Å². The van der Waals surface area contributed by atoms with Crippen molar-refractivity contribution in [3.63, 3.8) is 0 Å². The number of carbonyl (C=O) groups is 3. The summed E-state index contributed by atoms with van der Waals surface area (Å²) in [7, 11) is 4.01. The highest BCUT2D eigenvalue weighted by Crippen LogP contribution is 2.39. The molecule has 1 saturated carbocycles. The third-order valence-corrected chi connectivity index (χ3v) is 9.08. The van der Waals surface area contributed by atoms with E-state index in [1.165, 1.54) is 0 Å². The van der Waals surface area contributed by atoms with Gasteiger partial charge in [-0.25, -0.2) is 0 Å². The van der Waals surface area contributed by atoms with Crippen molar-refractivity contribution in [2.75, 3.05) is 27.2 Å². The number of hydrogen-bond acceptors (Lipinski definition) is 5. The minimum absolute atomic E-state index is 0.0314. The zero-order valence-electron chi connectivity index (χ0n) is 24.6. The Labute approximate surface area is 247 Å². The number of piperidine rings is 1. The molecule has 3 heterocycles. The van der Waals surface area contributed by atoms with Crippen LogP contribution in [0.3, 0.4) is 0 Å². The Kier molecular flexibility index (Phi) is 7.82. The summed E-state index contributed by atoms with van der Waals surface area (Å²) in [6, 6.07) is 9.98. The average Bonchev–Trinajstić information content (AvgIpc) is 3.83. The first-order valence-electron chi connectivity index (χ1n) is 15.0. The average molecular weight is 566 g/mol. The number of aromatic nitrogens is 1. The Hall–Kier alpha value is -4.04. The van der Waals surface area contributed by atoms with Gasteiger partial charge in [-0.15, -0.1) is 0 Å². The Morgan fingerprint density at radius 1 is 1.05 bits per heavy atom. The fourth-order valence-corrected chi connectivity index (χ4v) is 6.22. The summed E-state index contributed by atoms with van der Waals surface area (Å²) >= 11 is 0. The van der Waals surface area contributed by atoms with Crippen molar-refractivity contribution in [2.24, 2.45) is 11.8 Å². The Balaban J connectivity index is 1.34. The third kappa shape index (κ3) is 5.81. The number of carbonyl (C=O) groups excluding carboxylic acids is 3. The normalized spacial score (nSPS) is 22.7. The molecule has 1 aromatic carbocycles. The first-order chi connectivity index (χ1) is 20.3. The lowest BCUT2D eigenvalue weighted by Gasteiger charge is -2.40. The van der Waals surface area contributed by atoms with Gasteiger partial charge in [0.15, 0.2) is 0 Å². The number of aryl methyl sites for hydroxylation is 1. The Morgan fingerprint density at radius 3 is 2.50 bits per heavy atom. The molecule has 2 aliphatic carbocycles. The number of pyridine rings is 1. The number of fused-ring (bicyclic) bond motifs is 1. The lowest BCUT2D eigenvalue weighted by atomic mass is 9.76. The molecule has 0 radical (unpaired) electrons. The quantitative estimate of drug-likeness (QED) is 0.550. The minimum atomic E-state index is -0.480. The summed E-state index contributed by atoms with van der Waals surface area (Å²) in [6.45, 7) is 4.31. The molecule has 3 amide bonds. The smallest absolute Gasteiger partial charge is 0.251 e. The van der Waals surface area contributed by atoms with Crippen molar-refractivity contribution < 1.29 is 14.4 Å². The van der Waals surface area contributed by atoms with Gasteiger partial charge in [-0.1, -0.05) is 24.3 Å². The van der Waals surface area contributed by atoms with E-state index < -0.39 is 11.8 Å². The molecule has 0 bridgehead atoms. The van der Waals surface area contributed by atoms with Gasteiger partial charge < -0.3 is 20.0 Å². The van der Waals surface area contributed by atoms with Crippen molar-refractivity contribution in [1.29, 1.82) is 0 Å². The standard InChI is InChI=1S/C34H39N5O3/c1-22-4-5-25(32(40)36-26-7-8-26)19-29(22)24-6-9-28-30(18-24)31(33(41)38(3)27-12-16-37(2)17-13-27)21-39(34(28)42)20-23-10-14-35-15-11-23/h4-6,9-11,14-15,18-19,21,26-28,30H,7-8,12-13,16-17,20H2,1-3H3,(H,36,40). The van der Waals surface area contributed by atoms with Crippen molar-refractivity contribution in [1.82, 2.24) is 25.0 Å². The predicted molar refractivity (Wildman–Crippen MR) is 162 cm³/mol. The van der Waals surface area contributed by atoms with Gasteiger partial charge in [0.1, 0.15) is 0 Å². The number of allylic oxidation sites excluding steroid dienone is 3. The van der Waals surface area contributed by atoms with Crippen LogP contribution in [0.4, 0.5) is 0 Å². The molecule has 1 N–H and O–H groups in total. The van der Waals surface area contributed by atoms with Crippen LogP contribution >= 0.6 is 0 Å². The summed E-state index contributed by atoms with van der Waals surface area (Å²) in [5.41, 5.74) is 5.10. The van der Waals surface area contributed by atoms with E-state index in [4.69, 9.17) is 0 Å². The van der Waals surface area contributed by atoms with Gasteiger partial charge in [0.05, 0.1) is 12.5 Å². The van der Waals surface area contributed by atoms with Crippen LogP contribution in [0.1, 0.15) is 52.7 Å². The van der Waals surface area contributed by atoms with Gasteiger partial charge in [0.2, 0.25) is 5.91 Å². The zero-order chi connectivity index (χ0) is 29.4. The summed E-state index contributed by atoms with van der Waals surface area (Å²) < 4.78 is 0. The largest absolute Gasteiger partial charge is 0.349 e. The third-order valence-electron chi connectivity index (χ3n) is 9.08. The van der Waals surface area contributed by atoms with Crippen molar-refractivity contribution in [3.05, 3.63) is 95.0 Å². The number of likely N-dealkylation sites (N-methyl/N-ethyl adjacent to an activating group) is 1. The maximum Gasteiger partial charge on any atom is 0.251 e. The highest BCUT2D eigenvalue weighted by molar-refractivity contribution is 6.00. The van der Waals surface area contributed by atoms with E-state index in [1.807, 2.05) is 61.4 Å². The molecule has 2 atom stereocenters. The van der Waals surface area contributed by atoms with Crippen LogP contribution in [0.2, 0.25) is 0 Å². The summed E-state index contributed by atoms with van der Waals surface area (Å²) in [5.74, 6) is -1.00. The van der Waals surface area contributed by atoms with Crippen LogP contribution in [0.25, 0.3) is 5.57 Å². The second-order valence-corrected chi connectivity index (χ2v) is 12.2. The maximum absolute atomic E-state index is 14.2. The van der Waals surface area contributed by atoms with Crippen LogP contribution in [0, 0.1) is 18.8 Å². The summed E-state index contributed by atoms with van der Waals surface area (Å²) in [4.78, 5) is 50.8. The number of nitrogens with one attached hydrogen (secondary N) is 1. The van der Waals surface area contributed by atoms with E-state index in [-0.39, 0.29) is 29.8 Å². The van der Waals surface area contributed by atoms with Crippen molar-refractivity contribution in [2.45, 2.75) is 51.2 Å². The highest BCUT2D eigenvalue weighted by Gasteiger charge is 2.41. The number of nitrogens with zero attached hydrogens (tertiary/aromatic N) is 4. The fraction of sp³-hybridized carbons (Fsp3) is 0.412. The van der Waals surface area contributed by atoms with E-state index in [0.717, 1.165) is 61.0 Å². The highest BCUT2D eigenvalue weighted by atomic mass is 16.2. The van der Waals surface area contributed by atoms with Crippen LogP contribution < -0.4 is 5.32 Å². The second kappa shape index (κ2) is 11.7. The zero-order valence-corrected chi connectivity index (χ0v) is 24.6. The van der Waals surface area contributed by atoms with Gasteiger partial charge in [-0.3, -0.25) is 19.4 Å². The lowest BCUT2D eigenvalue weighted by Crippen LogP contribution is -2.48. The molecule has 4 aliphatic rings. The molecule has 42 heavy (non-hydrogen) atoms. The van der Waals surface area contributed by atoms with Crippen LogP contribution in [-0.2, 0) is 16.1 Å². The molecule has 218 valence electrons. The molecule has 1 saturated heterocycles. The number of likely N-dealkylation sites (tertiary alicyclic amines) is 1. The monoisotopic (exact) mass is 565 g/mol. The minimum Gasteiger partial charge on any atom is -0.349 e. The molecule has 8 heteroatoms. The van der Waals surface area contributed by atoms with Crippen molar-refractivity contribution >= 4 is 23.3 Å². The second-order valence-electron chi connectivity index (χ2n) is 12.2. The predicted octanol–water partition coefficient (Wildman–Crippen LogP) is 3.95. The number of rotatable bonds is 7. The summed E-state index contributed by atoms with van der Waals surface area (Å²) in [5, 5.41) is 3.07. The molecular weight excluding hydrogens is 526 g/mol. The van der Waals surface area contributed by atoms with Crippen LogP contribution in [0.15, 0.2) is 72.7 Å². The SMILES string of the molecule is Cc1ccc(C(=O)NC2CC2)cc1C1=CC2C(C(=O)N(C)C3CCN(C)CC3)=CN(Cc3ccncc3)C(=O)C2C=C1. The molecule has 1 aromatic heterocycles. The van der Waals surface area contributed by atoms with Crippen LogP contribution in [-0.4, -0.2) is 76.7 Å². The molecule has 0 spiro atoms. The van der Waals surface area contributed by atoms with E-state index >= 15 is 0 Å². The van der Waals surface area contributed by atoms with E-state index in [2.05, 4.69) is 28.3 Å². The fourth-order valence-electron chi connectivity index (χ4n) is 6.22. The first kappa shape index (κ1) is 28.1. The maximum atomic E-state index is 14.2. The van der Waals surface area contributed by atoms with Crippen LogP contribution in [0.5, 0.6) is 0 Å². The molecule has 2 aromatic rings. The number of hydrogen-bond donors (Lipinski definition) is 1. The van der Waals surface area contributed by atoms with E-state index in [9.17, 15) is 14.4 Å².